The van der Waals surface area contributed by atoms with Gasteiger partial charge >= 0.3 is 0 Å². The van der Waals surface area contributed by atoms with E-state index >= 15 is 0 Å². The summed E-state index contributed by atoms with van der Waals surface area (Å²) in [7, 11) is -3.72. The fraction of sp³-hybridized carbons (Fsp3) is 0. The van der Waals surface area contributed by atoms with E-state index < -0.39 is 9.84 Å². The van der Waals surface area contributed by atoms with Crippen LogP contribution in [0.25, 0.3) is 17.0 Å². The Balaban J connectivity index is 1.50. The van der Waals surface area contributed by atoms with Crippen molar-refractivity contribution in [2.45, 2.75) is 9.79 Å². The van der Waals surface area contributed by atoms with Crippen molar-refractivity contribution >= 4 is 38.4 Å². The molecule has 0 bridgehead atoms. The van der Waals surface area contributed by atoms with Crippen LogP contribution in [0.1, 0.15) is 5.56 Å². The summed E-state index contributed by atoms with van der Waals surface area (Å²) in [6.07, 6.45) is 7.69. The van der Waals surface area contributed by atoms with E-state index in [2.05, 4.69) is 15.3 Å². The molecular weight excluding hydrogens is 398 g/mol. The van der Waals surface area contributed by atoms with Crippen LogP contribution in [-0.2, 0) is 14.6 Å². The SMILES string of the molecule is O=C(/C=C/c1cccnc1)Nc1ccc(S(=O)(=O)c2cnc3ccccc3c2)cc1. The average molecular weight is 415 g/mol. The van der Waals surface area contributed by atoms with Crippen LogP contribution in [0.3, 0.4) is 0 Å². The molecule has 0 atom stereocenters. The number of nitrogens with zero attached hydrogens (tertiary/aromatic N) is 2. The second-order valence-electron chi connectivity index (χ2n) is 6.50. The molecule has 7 heteroatoms. The molecule has 0 spiro atoms. The van der Waals surface area contributed by atoms with E-state index in [0.29, 0.717) is 5.69 Å². The number of hydrogen-bond acceptors (Lipinski definition) is 5. The fourth-order valence-corrected chi connectivity index (χ4v) is 4.12. The molecule has 1 amide bonds. The van der Waals surface area contributed by atoms with Crippen molar-refractivity contribution in [1.29, 1.82) is 0 Å². The number of carbonyl (C=O) groups is 1. The van der Waals surface area contributed by atoms with Gasteiger partial charge in [0.1, 0.15) is 0 Å². The van der Waals surface area contributed by atoms with Gasteiger partial charge in [-0.05, 0) is 54.1 Å². The zero-order chi connectivity index (χ0) is 21.0. The molecule has 1 N–H and O–H groups in total. The first-order valence-electron chi connectivity index (χ1n) is 9.11. The van der Waals surface area contributed by atoms with Gasteiger partial charge in [0, 0.05) is 35.7 Å². The largest absolute Gasteiger partial charge is 0.323 e. The van der Waals surface area contributed by atoms with Crippen molar-refractivity contribution in [3.63, 3.8) is 0 Å². The van der Waals surface area contributed by atoms with Crippen molar-refractivity contribution in [2.75, 3.05) is 5.32 Å². The molecule has 0 aliphatic rings. The van der Waals surface area contributed by atoms with Gasteiger partial charge in [0.2, 0.25) is 15.7 Å². The van der Waals surface area contributed by atoms with E-state index in [1.54, 1.807) is 42.7 Å². The van der Waals surface area contributed by atoms with E-state index in [9.17, 15) is 13.2 Å². The molecule has 4 aromatic rings. The summed E-state index contributed by atoms with van der Waals surface area (Å²) in [6.45, 7) is 0. The van der Waals surface area contributed by atoms with E-state index in [4.69, 9.17) is 0 Å². The van der Waals surface area contributed by atoms with Gasteiger partial charge < -0.3 is 5.32 Å². The summed E-state index contributed by atoms with van der Waals surface area (Å²) >= 11 is 0. The monoisotopic (exact) mass is 415 g/mol. The summed E-state index contributed by atoms with van der Waals surface area (Å²) in [5.41, 5.74) is 2.03. The third kappa shape index (κ3) is 4.26. The average Bonchev–Trinajstić information content (AvgIpc) is 2.78. The number of pyridine rings is 2. The van der Waals surface area contributed by atoms with Gasteiger partial charge in [0.15, 0.2) is 0 Å². The number of fused-ring (bicyclic) bond motifs is 1. The molecule has 148 valence electrons. The van der Waals surface area contributed by atoms with Gasteiger partial charge in [-0.1, -0.05) is 24.3 Å². The Morgan fingerprint density at radius 2 is 1.70 bits per heavy atom. The second kappa shape index (κ2) is 8.26. The highest BCUT2D eigenvalue weighted by Crippen LogP contribution is 2.24. The number of aromatic nitrogens is 2. The second-order valence-corrected chi connectivity index (χ2v) is 8.45. The van der Waals surface area contributed by atoms with Crippen LogP contribution in [0.15, 0.2) is 101 Å². The van der Waals surface area contributed by atoms with Crippen LogP contribution >= 0.6 is 0 Å². The summed E-state index contributed by atoms with van der Waals surface area (Å²) < 4.78 is 25.9. The molecule has 0 saturated carbocycles. The number of sulfone groups is 1. The maximum atomic E-state index is 12.9. The van der Waals surface area contributed by atoms with Gasteiger partial charge in [-0.2, -0.15) is 0 Å². The van der Waals surface area contributed by atoms with Crippen LogP contribution < -0.4 is 5.32 Å². The lowest BCUT2D eigenvalue weighted by molar-refractivity contribution is -0.111. The number of hydrogen-bond donors (Lipinski definition) is 1. The zero-order valence-corrected chi connectivity index (χ0v) is 16.6. The number of carbonyl (C=O) groups excluding carboxylic acids is 1. The van der Waals surface area contributed by atoms with Gasteiger partial charge in [-0.3, -0.25) is 14.8 Å². The molecule has 4 rings (SSSR count). The van der Waals surface area contributed by atoms with E-state index in [-0.39, 0.29) is 15.7 Å². The van der Waals surface area contributed by atoms with Gasteiger partial charge in [-0.15, -0.1) is 0 Å². The molecule has 2 heterocycles. The molecule has 0 aliphatic heterocycles. The Kier molecular flexibility index (Phi) is 5.36. The molecule has 0 fully saturated rings. The number of nitrogens with one attached hydrogen (secondary N) is 1. The minimum Gasteiger partial charge on any atom is -0.323 e. The lowest BCUT2D eigenvalue weighted by Gasteiger charge is -2.07. The highest BCUT2D eigenvalue weighted by Gasteiger charge is 2.18. The number of anilines is 1. The smallest absolute Gasteiger partial charge is 0.248 e. The van der Waals surface area contributed by atoms with Gasteiger partial charge in [0.25, 0.3) is 0 Å². The normalized spacial score (nSPS) is 11.6. The number of rotatable bonds is 5. The van der Waals surface area contributed by atoms with Crippen molar-refractivity contribution < 1.29 is 13.2 Å². The van der Waals surface area contributed by atoms with Crippen LogP contribution in [0.4, 0.5) is 5.69 Å². The molecule has 0 aliphatic carbocycles. The minimum absolute atomic E-state index is 0.123. The Morgan fingerprint density at radius 3 is 2.47 bits per heavy atom. The van der Waals surface area contributed by atoms with Crippen molar-refractivity contribution in [3.8, 4) is 0 Å². The third-order valence-corrected chi connectivity index (χ3v) is 6.16. The van der Waals surface area contributed by atoms with E-state index in [0.717, 1.165) is 16.5 Å². The lowest BCUT2D eigenvalue weighted by Crippen LogP contribution is -2.08. The quantitative estimate of drug-likeness (QED) is 0.496. The van der Waals surface area contributed by atoms with Crippen LogP contribution in [0.2, 0.25) is 0 Å². The molecule has 0 unspecified atom stereocenters. The highest BCUT2D eigenvalue weighted by molar-refractivity contribution is 7.91. The summed E-state index contributed by atoms with van der Waals surface area (Å²) in [4.78, 5) is 20.5. The van der Waals surface area contributed by atoms with Crippen LogP contribution in [0, 0.1) is 0 Å². The van der Waals surface area contributed by atoms with Crippen LogP contribution in [0.5, 0.6) is 0 Å². The summed E-state index contributed by atoms with van der Waals surface area (Å²) in [5, 5.41) is 3.45. The highest BCUT2D eigenvalue weighted by atomic mass is 32.2. The first kappa shape index (κ1) is 19.5. The Labute approximate surface area is 173 Å². The number of para-hydroxylation sites is 1. The maximum absolute atomic E-state index is 12.9. The zero-order valence-electron chi connectivity index (χ0n) is 15.8. The minimum atomic E-state index is -3.72. The van der Waals surface area contributed by atoms with Crippen molar-refractivity contribution in [2.24, 2.45) is 0 Å². The molecule has 2 aromatic heterocycles. The molecule has 0 radical (unpaired) electrons. The first-order chi connectivity index (χ1) is 14.5. The number of amides is 1. The standard InChI is InChI=1S/C23H17N3O3S/c27-23(12-7-17-4-3-13-24-15-17)26-19-8-10-20(11-9-19)30(28,29)21-14-18-5-1-2-6-22(18)25-16-21/h1-16H,(H,26,27)/b12-7+. The first-order valence-corrected chi connectivity index (χ1v) is 10.6. The van der Waals surface area contributed by atoms with Gasteiger partial charge in [-0.25, -0.2) is 8.42 Å². The molecule has 30 heavy (non-hydrogen) atoms. The van der Waals surface area contributed by atoms with Crippen molar-refractivity contribution in [3.05, 3.63) is 97.0 Å². The van der Waals surface area contributed by atoms with E-state index in [1.807, 2.05) is 30.3 Å². The van der Waals surface area contributed by atoms with Crippen LogP contribution in [-0.4, -0.2) is 24.3 Å². The Bertz CT molecular complexity index is 1330. The predicted molar refractivity (Wildman–Crippen MR) is 116 cm³/mol. The topological polar surface area (TPSA) is 89.0 Å². The predicted octanol–water partition coefficient (Wildman–Crippen LogP) is 4.11. The maximum Gasteiger partial charge on any atom is 0.248 e. The lowest BCUT2D eigenvalue weighted by atomic mass is 10.2. The van der Waals surface area contributed by atoms with Gasteiger partial charge in [0.05, 0.1) is 15.3 Å². The molecule has 6 nitrogen and oxygen atoms in total. The Hall–Kier alpha value is -3.84. The fourth-order valence-electron chi connectivity index (χ4n) is 2.88. The molecule has 2 aromatic carbocycles. The molecular formula is C23H17N3O3S. The summed E-state index contributed by atoms with van der Waals surface area (Å²) in [6, 6.07) is 18.6. The van der Waals surface area contributed by atoms with E-state index in [1.165, 1.54) is 24.4 Å². The third-order valence-electron chi connectivity index (χ3n) is 4.42. The summed E-state index contributed by atoms with van der Waals surface area (Å²) in [5.74, 6) is -0.326. The van der Waals surface area contributed by atoms with Crippen molar-refractivity contribution in [1.82, 2.24) is 9.97 Å². The number of benzene rings is 2. The molecule has 0 saturated heterocycles. The Morgan fingerprint density at radius 1 is 0.900 bits per heavy atom.